The van der Waals surface area contributed by atoms with Crippen molar-refractivity contribution in [3.8, 4) is 5.75 Å². The van der Waals surface area contributed by atoms with Crippen molar-refractivity contribution in [2.24, 2.45) is 0 Å². The maximum Gasteiger partial charge on any atom is 0.322 e. The molecule has 3 heterocycles. The van der Waals surface area contributed by atoms with E-state index in [0.29, 0.717) is 30.0 Å². The molecule has 4 aromatic rings. The highest BCUT2D eigenvalue weighted by molar-refractivity contribution is 5.91. The second-order valence-corrected chi connectivity index (χ2v) is 7.48. The van der Waals surface area contributed by atoms with E-state index in [0.717, 1.165) is 22.3 Å². The van der Waals surface area contributed by atoms with E-state index in [-0.39, 0.29) is 11.8 Å². The summed E-state index contributed by atoms with van der Waals surface area (Å²) in [6, 6.07) is 16.8. The van der Waals surface area contributed by atoms with Crippen LogP contribution in [0.25, 0.3) is 11.0 Å². The van der Waals surface area contributed by atoms with Crippen molar-refractivity contribution in [3.63, 3.8) is 0 Å². The molecular weight excluding hydrogens is 395 g/mol. The van der Waals surface area contributed by atoms with Gasteiger partial charge in [0.25, 0.3) is 0 Å². The van der Waals surface area contributed by atoms with E-state index in [4.69, 9.17) is 4.74 Å². The van der Waals surface area contributed by atoms with Gasteiger partial charge in [-0.15, -0.1) is 0 Å². The molecule has 0 fully saturated rings. The van der Waals surface area contributed by atoms with Gasteiger partial charge in [0.2, 0.25) is 0 Å². The Bertz CT molecular complexity index is 1270. The Morgan fingerprint density at radius 2 is 2.06 bits per heavy atom. The van der Waals surface area contributed by atoms with Crippen LogP contribution >= 0.6 is 0 Å². The highest BCUT2D eigenvalue weighted by Gasteiger charge is 2.35. The highest BCUT2D eigenvalue weighted by Crippen LogP contribution is 2.38. The molecule has 156 valence electrons. The number of methoxy groups -OCH3 is 1. The lowest BCUT2D eigenvalue weighted by molar-refractivity contribution is 0.193. The molecule has 2 amide bonds. The van der Waals surface area contributed by atoms with Crippen molar-refractivity contribution in [1.29, 1.82) is 0 Å². The number of nitrogens with one attached hydrogen (secondary N) is 2. The van der Waals surface area contributed by atoms with Crippen molar-refractivity contribution in [3.05, 3.63) is 89.5 Å². The van der Waals surface area contributed by atoms with Crippen molar-refractivity contribution < 1.29 is 13.9 Å². The Labute approximate surface area is 178 Å². The average Bonchev–Trinajstić information content (AvgIpc) is 3.17. The average molecular weight is 416 g/mol. The monoisotopic (exact) mass is 416 g/mol. The molecule has 1 aliphatic heterocycles. The summed E-state index contributed by atoms with van der Waals surface area (Å²) in [6.07, 6.45) is 2.41. The number of hydrogen-bond acceptors (Lipinski definition) is 3. The van der Waals surface area contributed by atoms with Crippen LogP contribution in [0.15, 0.2) is 66.9 Å². The summed E-state index contributed by atoms with van der Waals surface area (Å²) in [7, 11) is 1.58. The number of carbonyl (C=O) groups is 1. The van der Waals surface area contributed by atoms with Crippen LogP contribution in [0.5, 0.6) is 5.75 Å². The van der Waals surface area contributed by atoms with Gasteiger partial charge in [0.1, 0.15) is 17.2 Å². The molecule has 0 saturated heterocycles. The number of aromatic nitrogens is 2. The summed E-state index contributed by atoms with van der Waals surface area (Å²) in [5.41, 5.74) is 4.08. The van der Waals surface area contributed by atoms with Crippen LogP contribution < -0.4 is 10.1 Å². The van der Waals surface area contributed by atoms with Gasteiger partial charge in [-0.25, -0.2) is 14.2 Å². The summed E-state index contributed by atoms with van der Waals surface area (Å²) >= 11 is 0. The van der Waals surface area contributed by atoms with Gasteiger partial charge in [-0.05, 0) is 53.9 Å². The number of urea groups is 1. The zero-order valence-corrected chi connectivity index (χ0v) is 16.9. The van der Waals surface area contributed by atoms with E-state index in [9.17, 15) is 9.18 Å². The van der Waals surface area contributed by atoms with E-state index in [2.05, 4.69) is 15.3 Å². The smallest absolute Gasteiger partial charge is 0.322 e. The van der Waals surface area contributed by atoms with Gasteiger partial charge >= 0.3 is 6.03 Å². The Kier molecular flexibility index (Phi) is 4.78. The standard InChI is InChI=1S/C24H21FN4O2/c1-31-18-8-3-7-17(14-18)27-24(30)29-12-10-19-20-9-4-11-26-23(20)28-21(19)22(29)15-5-2-6-16(25)13-15/h2-9,11,13-14,22H,10,12H2,1H3,(H,26,28)(H,27,30). The largest absolute Gasteiger partial charge is 0.497 e. The minimum absolute atomic E-state index is 0.264. The fourth-order valence-electron chi connectivity index (χ4n) is 4.25. The molecule has 0 saturated carbocycles. The van der Waals surface area contributed by atoms with Crippen LogP contribution in [-0.2, 0) is 6.42 Å². The minimum atomic E-state index is -0.459. The maximum absolute atomic E-state index is 14.1. The second-order valence-electron chi connectivity index (χ2n) is 7.48. The minimum Gasteiger partial charge on any atom is -0.497 e. The van der Waals surface area contributed by atoms with E-state index in [1.54, 1.807) is 36.4 Å². The number of H-pyrrole nitrogens is 1. The number of carbonyl (C=O) groups excluding carboxylic acids is 1. The van der Waals surface area contributed by atoms with Crippen LogP contribution in [0.4, 0.5) is 14.9 Å². The van der Waals surface area contributed by atoms with Crippen molar-refractivity contribution in [2.75, 3.05) is 19.0 Å². The summed E-state index contributed by atoms with van der Waals surface area (Å²) in [5.74, 6) is 0.314. The van der Waals surface area contributed by atoms with Crippen molar-refractivity contribution in [2.45, 2.75) is 12.5 Å². The predicted molar refractivity (Wildman–Crippen MR) is 117 cm³/mol. The number of anilines is 1. The summed E-state index contributed by atoms with van der Waals surface area (Å²) in [4.78, 5) is 22.8. The third kappa shape index (κ3) is 3.48. The first kappa shape index (κ1) is 19.1. The number of hydrogen-bond donors (Lipinski definition) is 2. The van der Waals surface area contributed by atoms with E-state index >= 15 is 0 Å². The maximum atomic E-state index is 14.1. The van der Waals surface area contributed by atoms with E-state index < -0.39 is 6.04 Å². The van der Waals surface area contributed by atoms with Crippen LogP contribution in [0.1, 0.15) is 22.9 Å². The number of benzene rings is 2. The number of fused-ring (bicyclic) bond motifs is 3. The van der Waals surface area contributed by atoms with Gasteiger partial charge in [0.05, 0.1) is 13.2 Å². The van der Waals surface area contributed by atoms with Gasteiger partial charge < -0.3 is 19.9 Å². The van der Waals surface area contributed by atoms with Crippen molar-refractivity contribution >= 4 is 22.8 Å². The molecule has 0 bridgehead atoms. The molecule has 7 heteroatoms. The molecule has 1 aliphatic rings. The molecule has 0 spiro atoms. The van der Waals surface area contributed by atoms with Gasteiger partial charge in [-0.1, -0.05) is 18.2 Å². The quantitative estimate of drug-likeness (QED) is 0.500. The first-order chi connectivity index (χ1) is 15.1. The van der Waals surface area contributed by atoms with E-state index in [1.807, 2.05) is 30.3 Å². The third-order valence-electron chi connectivity index (χ3n) is 5.65. The second kappa shape index (κ2) is 7.75. The zero-order chi connectivity index (χ0) is 21.4. The number of rotatable bonds is 3. The summed E-state index contributed by atoms with van der Waals surface area (Å²) in [5, 5.41) is 3.98. The lowest BCUT2D eigenvalue weighted by Gasteiger charge is -2.36. The van der Waals surface area contributed by atoms with Gasteiger partial charge in [0.15, 0.2) is 0 Å². The van der Waals surface area contributed by atoms with Crippen LogP contribution in [0, 0.1) is 5.82 Å². The number of pyridine rings is 1. The fraction of sp³-hybridized carbons (Fsp3) is 0.167. The SMILES string of the molecule is COc1cccc(NC(=O)N2CCc3c([nH]c4ncccc34)C2c2cccc(F)c2)c1. The molecule has 1 atom stereocenters. The zero-order valence-electron chi connectivity index (χ0n) is 16.9. The normalized spacial score (nSPS) is 15.5. The predicted octanol–water partition coefficient (Wildman–Crippen LogP) is 4.89. The Hall–Kier alpha value is -3.87. The topological polar surface area (TPSA) is 70.2 Å². The highest BCUT2D eigenvalue weighted by atomic mass is 19.1. The Morgan fingerprint density at radius 3 is 2.90 bits per heavy atom. The lowest BCUT2D eigenvalue weighted by Crippen LogP contribution is -2.43. The van der Waals surface area contributed by atoms with Gasteiger partial charge in [-0.2, -0.15) is 0 Å². The molecule has 0 radical (unpaired) electrons. The van der Waals surface area contributed by atoms with Gasteiger partial charge in [-0.3, -0.25) is 0 Å². The molecule has 0 aliphatic carbocycles. The first-order valence-corrected chi connectivity index (χ1v) is 10.1. The van der Waals surface area contributed by atoms with E-state index in [1.165, 1.54) is 12.1 Å². The number of ether oxygens (including phenoxy) is 1. The summed E-state index contributed by atoms with van der Waals surface area (Å²) in [6.45, 7) is 0.492. The molecule has 1 unspecified atom stereocenters. The van der Waals surface area contributed by atoms with Gasteiger partial charge in [0, 0.05) is 35.6 Å². The Morgan fingerprint density at radius 1 is 1.19 bits per heavy atom. The third-order valence-corrected chi connectivity index (χ3v) is 5.65. The number of amides is 2. The molecule has 2 N–H and O–H groups in total. The first-order valence-electron chi connectivity index (χ1n) is 10.1. The molecule has 2 aromatic heterocycles. The van der Waals surface area contributed by atoms with Crippen LogP contribution in [-0.4, -0.2) is 34.6 Å². The molecule has 6 nitrogen and oxygen atoms in total. The molecular formula is C24H21FN4O2. The summed E-state index contributed by atoms with van der Waals surface area (Å²) < 4.78 is 19.4. The van der Waals surface area contributed by atoms with Crippen LogP contribution in [0.2, 0.25) is 0 Å². The molecule has 31 heavy (non-hydrogen) atoms. The fourth-order valence-corrected chi connectivity index (χ4v) is 4.25. The molecule has 2 aromatic carbocycles. The lowest BCUT2D eigenvalue weighted by atomic mass is 9.93. The number of aromatic amines is 1. The van der Waals surface area contributed by atoms with Crippen LogP contribution in [0.3, 0.4) is 0 Å². The number of halogens is 1. The Balaban J connectivity index is 1.56. The molecule has 5 rings (SSSR count). The number of nitrogens with zero attached hydrogens (tertiary/aromatic N) is 2. The van der Waals surface area contributed by atoms with Crippen molar-refractivity contribution in [1.82, 2.24) is 14.9 Å².